The molecule has 0 bridgehead atoms. The Hall–Kier alpha value is -0.990. The fourth-order valence-corrected chi connectivity index (χ4v) is 0.616. The second kappa shape index (κ2) is 2.09. The van der Waals surface area contributed by atoms with Crippen molar-refractivity contribution in [2.24, 2.45) is 0 Å². The molecular formula is C6H10N2O. The molecule has 0 spiro atoms. The van der Waals surface area contributed by atoms with Gasteiger partial charge in [-0.15, -0.1) is 0 Å². The van der Waals surface area contributed by atoms with Crippen LogP contribution >= 0.6 is 0 Å². The lowest BCUT2D eigenvalue weighted by molar-refractivity contribution is 0.477. The molecule has 0 saturated carbocycles. The van der Waals surface area contributed by atoms with Crippen LogP contribution in [-0.2, 0) is 6.42 Å². The van der Waals surface area contributed by atoms with E-state index in [1.54, 1.807) is 0 Å². The maximum Gasteiger partial charge on any atom is 0.196 e. The molecule has 1 rings (SSSR count). The van der Waals surface area contributed by atoms with E-state index in [-0.39, 0.29) is 0 Å². The minimum atomic E-state index is 0.506. The largest absolute Gasteiger partial charge is 0.444 e. The molecule has 0 aliphatic rings. The summed E-state index contributed by atoms with van der Waals surface area (Å²) in [4.78, 5) is 3.94. The van der Waals surface area contributed by atoms with E-state index in [2.05, 4.69) is 4.98 Å². The lowest BCUT2D eigenvalue weighted by Gasteiger charge is -1.80. The van der Waals surface area contributed by atoms with Crippen molar-refractivity contribution >= 4 is 5.82 Å². The Morgan fingerprint density at radius 1 is 1.67 bits per heavy atom. The summed E-state index contributed by atoms with van der Waals surface area (Å²) in [5.41, 5.74) is 5.41. The van der Waals surface area contributed by atoms with Crippen LogP contribution < -0.4 is 5.73 Å². The number of hydrogen-bond acceptors (Lipinski definition) is 3. The van der Waals surface area contributed by atoms with Crippen molar-refractivity contribution < 1.29 is 4.42 Å². The van der Waals surface area contributed by atoms with E-state index < -0.39 is 0 Å². The van der Waals surface area contributed by atoms with Crippen LogP contribution in [0, 0.1) is 6.92 Å². The van der Waals surface area contributed by atoms with Crippen LogP contribution in [0.1, 0.15) is 18.6 Å². The molecule has 0 saturated heterocycles. The standard InChI is InChI=1S/C6H10N2O/c1-3-5-8-6(7)4(2)9-5/h3,7H2,1-2H3. The van der Waals surface area contributed by atoms with Gasteiger partial charge < -0.3 is 10.2 Å². The summed E-state index contributed by atoms with van der Waals surface area (Å²) in [6.45, 7) is 3.78. The number of rotatable bonds is 1. The van der Waals surface area contributed by atoms with Crippen molar-refractivity contribution in [3.8, 4) is 0 Å². The first kappa shape index (κ1) is 6.13. The first-order valence-corrected chi connectivity index (χ1v) is 2.95. The van der Waals surface area contributed by atoms with Crippen LogP contribution in [0.15, 0.2) is 4.42 Å². The van der Waals surface area contributed by atoms with Crippen molar-refractivity contribution in [3.63, 3.8) is 0 Å². The SMILES string of the molecule is CCc1nc(N)c(C)o1. The maximum atomic E-state index is 5.41. The average molecular weight is 126 g/mol. The third-order valence-corrected chi connectivity index (χ3v) is 1.18. The zero-order valence-corrected chi connectivity index (χ0v) is 5.64. The second-order valence-electron chi connectivity index (χ2n) is 1.90. The number of hydrogen-bond donors (Lipinski definition) is 1. The first-order chi connectivity index (χ1) is 4.24. The smallest absolute Gasteiger partial charge is 0.196 e. The Balaban J connectivity index is 2.98. The summed E-state index contributed by atoms with van der Waals surface area (Å²) in [7, 11) is 0. The van der Waals surface area contributed by atoms with Gasteiger partial charge in [0.2, 0.25) is 0 Å². The summed E-state index contributed by atoms with van der Waals surface area (Å²) >= 11 is 0. The van der Waals surface area contributed by atoms with Crippen LogP contribution in [0.5, 0.6) is 0 Å². The Bertz CT molecular complexity index is 185. The van der Waals surface area contributed by atoms with Crippen LogP contribution in [0.25, 0.3) is 0 Å². The fraction of sp³-hybridized carbons (Fsp3) is 0.500. The van der Waals surface area contributed by atoms with Crippen molar-refractivity contribution in [1.82, 2.24) is 4.98 Å². The molecule has 1 aromatic heterocycles. The maximum absolute atomic E-state index is 5.41. The predicted octanol–water partition coefficient (Wildman–Crippen LogP) is 1.13. The number of oxazole rings is 1. The highest BCUT2D eigenvalue weighted by atomic mass is 16.4. The molecule has 0 fully saturated rings. The Labute approximate surface area is 53.9 Å². The number of nitrogen functional groups attached to an aromatic ring is 1. The third-order valence-electron chi connectivity index (χ3n) is 1.18. The normalized spacial score (nSPS) is 10.0. The van der Waals surface area contributed by atoms with Gasteiger partial charge in [-0.1, -0.05) is 6.92 Å². The van der Waals surface area contributed by atoms with Crippen molar-refractivity contribution in [2.75, 3.05) is 5.73 Å². The number of aromatic nitrogens is 1. The topological polar surface area (TPSA) is 52.0 Å². The minimum absolute atomic E-state index is 0.506. The highest BCUT2D eigenvalue weighted by Gasteiger charge is 2.01. The van der Waals surface area contributed by atoms with Crippen LogP contribution in [0.2, 0.25) is 0 Å². The summed E-state index contributed by atoms with van der Waals surface area (Å²) in [5.74, 6) is 1.93. The van der Waals surface area contributed by atoms with Gasteiger partial charge in [0.15, 0.2) is 11.7 Å². The van der Waals surface area contributed by atoms with Crippen LogP contribution in [0.4, 0.5) is 5.82 Å². The fourth-order valence-electron chi connectivity index (χ4n) is 0.616. The molecule has 0 aliphatic carbocycles. The van der Waals surface area contributed by atoms with Crippen LogP contribution in [0.3, 0.4) is 0 Å². The second-order valence-corrected chi connectivity index (χ2v) is 1.90. The van der Waals surface area contributed by atoms with Gasteiger partial charge in [0.1, 0.15) is 5.76 Å². The van der Waals surface area contributed by atoms with Gasteiger partial charge in [0, 0.05) is 6.42 Å². The Morgan fingerprint density at radius 3 is 2.56 bits per heavy atom. The van der Waals surface area contributed by atoms with E-state index >= 15 is 0 Å². The number of nitrogens with two attached hydrogens (primary N) is 1. The molecule has 0 atom stereocenters. The highest BCUT2D eigenvalue weighted by Crippen LogP contribution is 2.10. The molecule has 0 aromatic carbocycles. The lowest BCUT2D eigenvalue weighted by Crippen LogP contribution is -1.86. The zero-order chi connectivity index (χ0) is 6.85. The summed E-state index contributed by atoms with van der Waals surface area (Å²) in [5, 5.41) is 0. The van der Waals surface area contributed by atoms with Crippen molar-refractivity contribution in [3.05, 3.63) is 11.7 Å². The highest BCUT2D eigenvalue weighted by molar-refractivity contribution is 5.31. The van der Waals surface area contributed by atoms with Gasteiger partial charge in [-0.2, -0.15) is 4.98 Å². The quantitative estimate of drug-likeness (QED) is 0.613. The average Bonchev–Trinajstić information content (AvgIpc) is 2.13. The molecule has 0 amide bonds. The molecule has 50 valence electrons. The van der Waals surface area contributed by atoms with Gasteiger partial charge in [-0.05, 0) is 6.92 Å². The Kier molecular flexibility index (Phi) is 1.42. The first-order valence-electron chi connectivity index (χ1n) is 2.95. The molecule has 3 heteroatoms. The molecule has 9 heavy (non-hydrogen) atoms. The van der Waals surface area contributed by atoms with E-state index in [1.807, 2.05) is 13.8 Å². The number of anilines is 1. The number of aryl methyl sites for hydroxylation is 2. The summed E-state index contributed by atoms with van der Waals surface area (Å²) in [6.07, 6.45) is 0.804. The molecule has 1 heterocycles. The predicted molar refractivity (Wildman–Crippen MR) is 35.0 cm³/mol. The molecule has 0 aliphatic heterocycles. The van der Waals surface area contributed by atoms with Gasteiger partial charge in [-0.25, -0.2) is 0 Å². The van der Waals surface area contributed by atoms with Gasteiger partial charge in [-0.3, -0.25) is 0 Å². The van der Waals surface area contributed by atoms with E-state index in [1.165, 1.54) is 0 Å². The zero-order valence-electron chi connectivity index (χ0n) is 5.64. The van der Waals surface area contributed by atoms with Crippen molar-refractivity contribution in [1.29, 1.82) is 0 Å². The third kappa shape index (κ3) is 1.04. The Morgan fingerprint density at radius 2 is 2.33 bits per heavy atom. The van der Waals surface area contributed by atoms with Crippen molar-refractivity contribution in [2.45, 2.75) is 20.3 Å². The molecular weight excluding hydrogens is 116 g/mol. The van der Waals surface area contributed by atoms with E-state index in [0.29, 0.717) is 17.5 Å². The molecule has 0 radical (unpaired) electrons. The minimum Gasteiger partial charge on any atom is -0.444 e. The van der Waals surface area contributed by atoms with Gasteiger partial charge in [0.05, 0.1) is 0 Å². The van der Waals surface area contributed by atoms with E-state index in [9.17, 15) is 0 Å². The van der Waals surface area contributed by atoms with E-state index in [0.717, 1.165) is 6.42 Å². The van der Waals surface area contributed by atoms with E-state index in [4.69, 9.17) is 10.2 Å². The monoisotopic (exact) mass is 126 g/mol. The van der Waals surface area contributed by atoms with Crippen LogP contribution in [-0.4, -0.2) is 4.98 Å². The molecule has 1 aromatic rings. The summed E-state index contributed by atoms with van der Waals surface area (Å²) in [6, 6.07) is 0. The number of nitrogens with zero attached hydrogens (tertiary/aromatic N) is 1. The lowest BCUT2D eigenvalue weighted by atomic mass is 10.5. The van der Waals surface area contributed by atoms with Gasteiger partial charge in [0.25, 0.3) is 0 Å². The molecule has 2 N–H and O–H groups in total. The van der Waals surface area contributed by atoms with Gasteiger partial charge >= 0.3 is 0 Å². The molecule has 0 unspecified atom stereocenters. The summed E-state index contributed by atoms with van der Waals surface area (Å²) < 4.78 is 5.13. The molecule has 3 nitrogen and oxygen atoms in total.